The zero-order chi connectivity index (χ0) is 24.4. The van der Waals surface area contributed by atoms with E-state index in [-0.39, 0.29) is 12.8 Å². The van der Waals surface area contributed by atoms with Gasteiger partial charge in [-0.25, -0.2) is 0 Å². The van der Waals surface area contributed by atoms with Crippen LogP contribution < -0.4 is 10.1 Å². The molecule has 0 bridgehead atoms. The van der Waals surface area contributed by atoms with Crippen LogP contribution in [0.25, 0.3) is 0 Å². The minimum atomic E-state index is -4.60. The van der Waals surface area contributed by atoms with E-state index in [4.69, 9.17) is 4.74 Å². The molecule has 1 rings (SSSR count). The Kier molecular flexibility index (Phi) is 15.5. The Balaban J connectivity index is 2.10. The van der Waals surface area contributed by atoms with E-state index in [1.54, 1.807) is 24.3 Å². The average Bonchev–Trinajstić information content (AvgIpc) is 2.80. The Labute approximate surface area is 198 Å². The summed E-state index contributed by atoms with van der Waals surface area (Å²) in [6.45, 7) is 4.58. The molecule has 4 nitrogen and oxygen atoms in total. The summed E-state index contributed by atoms with van der Waals surface area (Å²) in [4.78, 5) is 0. The lowest BCUT2D eigenvalue weighted by Crippen LogP contribution is -2.49. The summed E-state index contributed by atoms with van der Waals surface area (Å²) in [6, 6.07) is 7.12. The van der Waals surface area contributed by atoms with Gasteiger partial charge >= 0.3 is 6.18 Å². The van der Waals surface area contributed by atoms with Gasteiger partial charge in [-0.3, -0.25) is 0 Å². The van der Waals surface area contributed by atoms with E-state index < -0.39 is 12.0 Å². The minimum absolute atomic E-state index is 0.182. The topological polar surface area (TPSA) is 39.7 Å². The molecule has 192 valence electrons. The lowest BCUT2D eigenvalue weighted by atomic mass is 10.0. The fourth-order valence-electron chi connectivity index (χ4n) is 3.83. The molecule has 0 unspecified atom stereocenters. The Morgan fingerprint density at radius 3 is 1.82 bits per heavy atom. The van der Waals surface area contributed by atoms with Crippen LogP contribution in [0.5, 0.6) is 5.75 Å². The first-order chi connectivity index (χ1) is 15.9. The summed E-state index contributed by atoms with van der Waals surface area (Å²) < 4.78 is 54.7. The van der Waals surface area contributed by atoms with Gasteiger partial charge in [-0.2, -0.15) is 13.2 Å². The van der Waals surface area contributed by atoms with Crippen LogP contribution in [0.15, 0.2) is 24.3 Å². The van der Waals surface area contributed by atoms with Crippen molar-refractivity contribution in [1.82, 2.24) is 5.32 Å². The molecule has 1 N–H and O–H groups in total. The molecule has 0 heterocycles. The molecule has 1 aromatic carbocycles. The van der Waals surface area contributed by atoms with Crippen LogP contribution in [0.3, 0.4) is 0 Å². The van der Waals surface area contributed by atoms with Crippen LogP contribution in [0.1, 0.15) is 83.1 Å². The van der Waals surface area contributed by atoms with Crippen LogP contribution in [0, 0.1) is 0 Å². The van der Waals surface area contributed by atoms with Crippen LogP contribution in [-0.4, -0.2) is 45.9 Å². The van der Waals surface area contributed by atoms with Gasteiger partial charge in [0.25, 0.3) is 5.79 Å². The predicted octanol–water partition coefficient (Wildman–Crippen LogP) is 7.06. The second kappa shape index (κ2) is 17.2. The van der Waals surface area contributed by atoms with E-state index in [0.717, 1.165) is 32.9 Å². The van der Waals surface area contributed by atoms with Gasteiger partial charge in [-0.15, -0.1) is 0 Å². The van der Waals surface area contributed by atoms with E-state index in [1.807, 2.05) is 0 Å². The molecular weight excluding hydrogens is 431 g/mol. The number of aryl methyl sites for hydroxylation is 1. The fourth-order valence-corrected chi connectivity index (χ4v) is 3.83. The van der Waals surface area contributed by atoms with Crippen molar-refractivity contribution >= 4 is 0 Å². The van der Waals surface area contributed by atoms with Crippen molar-refractivity contribution in [2.45, 2.75) is 95.9 Å². The molecule has 0 aliphatic rings. The van der Waals surface area contributed by atoms with Gasteiger partial charge in [0.15, 0.2) is 0 Å². The van der Waals surface area contributed by atoms with Gasteiger partial charge in [0, 0.05) is 27.2 Å². The molecule has 0 aliphatic carbocycles. The third-order valence-corrected chi connectivity index (χ3v) is 6.01. The van der Waals surface area contributed by atoms with Crippen LogP contribution >= 0.6 is 0 Å². The number of unbranched alkanes of at least 4 members (excludes halogenated alkanes) is 9. The van der Waals surface area contributed by atoms with E-state index in [1.165, 1.54) is 64.2 Å². The standard InChI is InChI=1S/C26H44F3NO3/c1-4-5-6-7-8-9-10-11-12-13-20-30-21-22-33-24-16-14-23(15-17-24)18-19-25(31-2,32-3)26(27,28)29/h14-17,30H,4-13,18-22H2,1-3H3. The Bertz CT molecular complexity index is 589. The summed E-state index contributed by atoms with van der Waals surface area (Å²) in [6.07, 6.45) is 8.60. The maximum atomic E-state index is 13.2. The highest BCUT2D eigenvalue weighted by Gasteiger charge is 2.56. The molecule has 7 heteroatoms. The molecule has 0 saturated carbocycles. The Hall–Kier alpha value is -1.31. The zero-order valence-corrected chi connectivity index (χ0v) is 20.8. The summed E-state index contributed by atoms with van der Waals surface area (Å²) in [5, 5.41) is 3.40. The van der Waals surface area contributed by atoms with E-state index in [9.17, 15) is 13.2 Å². The minimum Gasteiger partial charge on any atom is -0.492 e. The monoisotopic (exact) mass is 475 g/mol. The molecule has 0 aliphatic heterocycles. The smallest absolute Gasteiger partial charge is 0.443 e. The molecule has 0 fully saturated rings. The number of benzene rings is 1. The van der Waals surface area contributed by atoms with Gasteiger partial charge in [0.2, 0.25) is 0 Å². The number of rotatable bonds is 20. The largest absolute Gasteiger partial charge is 0.492 e. The highest BCUT2D eigenvalue weighted by atomic mass is 19.4. The molecule has 0 spiro atoms. The summed E-state index contributed by atoms with van der Waals surface area (Å²) in [5.41, 5.74) is 0.768. The van der Waals surface area contributed by atoms with Gasteiger partial charge in [0.05, 0.1) is 0 Å². The number of methoxy groups -OCH3 is 2. The van der Waals surface area contributed by atoms with Crippen molar-refractivity contribution in [3.63, 3.8) is 0 Å². The maximum Gasteiger partial charge on any atom is 0.443 e. The first kappa shape index (κ1) is 29.7. The van der Waals surface area contributed by atoms with E-state index in [0.29, 0.717) is 12.4 Å². The van der Waals surface area contributed by atoms with Crippen molar-refractivity contribution in [3.8, 4) is 5.75 Å². The van der Waals surface area contributed by atoms with Gasteiger partial charge in [0.1, 0.15) is 12.4 Å². The molecule has 0 saturated heterocycles. The summed E-state index contributed by atoms with van der Waals surface area (Å²) in [7, 11) is 2.02. The van der Waals surface area contributed by atoms with Crippen molar-refractivity contribution < 1.29 is 27.4 Å². The average molecular weight is 476 g/mol. The number of halogens is 3. The first-order valence-electron chi connectivity index (χ1n) is 12.5. The highest BCUT2D eigenvalue weighted by Crippen LogP contribution is 2.37. The fraction of sp³-hybridized carbons (Fsp3) is 0.769. The molecule has 33 heavy (non-hydrogen) atoms. The van der Waals surface area contributed by atoms with E-state index >= 15 is 0 Å². The Morgan fingerprint density at radius 2 is 1.30 bits per heavy atom. The summed E-state index contributed by atoms with van der Waals surface area (Å²) >= 11 is 0. The van der Waals surface area contributed by atoms with Crippen molar-refractivity contribution in [2.75, 3.05) is 33.9 Å². The van der Waals surface area contributed by atoms with Gasteiger partial charge in [-0.1, -0.05) is 76.8 Å². The van der Waals surface area contributed by atoms with Gasteiger partial charge in [-0.05, 0) is 37.1 Å². The lowest BCUT2D eigenvalue weighted by molar-refractivity contribution is -0.368. The second-order valence-electron chi connectivity index (χ2n) is 8.58. The number of alkyl halides is 3. The van der Waals surface area contributed by atoms with Crippen LogP contribution in [0.4, 0.5) is 13.2 Å². The maximum absolute atomic E-state index is 13.2. The molecule has 0 atom stereocenters. The quantitative estimate of drug-likeness (QED) is 0.162. The number of hydrogen-bond donors (Lipinski definition) is 1. The Morgan fingerprint density at radius 1 is 0.758 bits per heavy atom. The number of ether oxygens (including phenoxy) is 3. The molecule has 1 aromatic rings. The van der Waals surface area contributed by atoms with Crippen LogP contribution in [0.2, 0.25) is 0 Å². The normalized spacial score (nSPS) is 12.3. The lowest BCUT2D eigenvalue weighted by Gasteiger charge is -2.32. The molecule has 0 aromatic heterocycles. The number of nitrogens with one attached hydrogen (secondary N) is 1. The predicted molar refractivity (Wildman–Crippen MR) is 128 cm³/mol. The molecule has 0 amide bonds. The van der Waals surface area contributed by atoms with Crippen LogP contribution in [-0.2, 0) is 15.9 Å². The second-order valence-corrected chi connectivity index (χ2v) is 8.58. The highest BCUT2D eigenvalue weighted by molar-refractivity contribution is 5.27. The number of hydrogen-bond acceptors (Lipinski definition) is 4. The molecular formula is C26H44F3NO3. The van der Waals surface area contributed by atoms with E-state index in [2.05, 4.69) is 21.7 Å². The van der Waals surface area contributed by atoms with Crippen molar-refractivity contribution in [1.29, 1.82) is 0 Å². The third-order valence-electron chi connectivity index (χ3n) is 6.01. The molecule has 0 radical (unpaired) electrons. The third kappa shape index (κ3) is 12.1. The zero-order valence-electron chi connectivity index (χ0n) is 20.8. The van der Waals surface area contributed by atoms with Crippen molar-refractivity contribution in [3.05, 3.63) is 29.8 Å². The first-order valence-corrected chi connectivity index (χ1v) is 12.5. The SMILES string of the molecule is CCCCCCCCCCCCNCCOc1ccc(CCC(OC)(OC)C(F)(F)F)cc1. The van der Waals surface area contributed by atoms with Crippen molar-refractivity contribution in [2.24, 2.45) is 0 Å². The summed E-state index contributed by atoms with van der Waals surface area (Å²) in [5.74, 6) is -1.87. The van der Waals surface area contributed by atoms with Gasteiger partial charge < -0.3 is 19.5 Å².